The first-order valence-corrected chi connectivity index (χ1v) is 12.0. The van der Waals surface area contributed by atoms with Crippen molar-refractivity contribution in [1.82, 2.24) is 24.9 Å². The predicted octanol–water partition coefficient (Wildman–Crippen LogP) is 0.430. The second-order valence-electron chi connectivity index (χ2n) is 9.10. The Kier molecular flexibility index (Phi) is 6.78. The van der Waals surface area contributed by atoms with E-state index >= 15 is 0 Å². The maximum absolute atomic E-state index is 14.8. The average molecular weight is 485 g/mol. The fraction of sp³-hybridized carbons (Fsp3) is 0.500. The summed E-state index contributed by atoms with van der Waals surface area (Å²) in [6.45, 7) is 4.28. The molecule has 1 atom stereocenters. The van der Waals surface area contributed by atoms with Gasteiger partial charge < -0.3 is 19.9 Å². The number of benzene rings is 1. The Labute approximate surface area is 202 Å². The highest BCUT2D eigenvalue weighted by Gasteiger charge is 2.34. The maximum Gasteiger partial charge on any atom is 0.269 e. The van der Waals surface area contributed by atoms with Crippen LogP contribution in [0.2, 0.25) is 0 Å². The van der Waals surface area contributed by atoms with E-state index < -0.39 is 11.7 Å². The minimum absolute atomic E-state index is 0.00553. The Balaban J connectivity index is 1.36. The van der Waals surface area contributed by atoms with Crippen molar-refractivity contribution in [3.8, 4) is 0 Å². The molecule has 186 valence electrons. The molecule has 2 aromatic rings. The maximum atomic E-state index is 14.8. The first-order chi connectivity index (χ1) is 17.0. The van der Waals surface area contributed by atoms with Crippen LogP contribution < -0.4 is 10.9 Å². The summed E-state index contributed by atoms with van der Waals surface area (Å²) >= 11 is 0. The van der Waals surface area contributed by atoms with Gasteiger partial charge in [-0.05, 0) is 30.5 Å². The summed E-state index contributed by atoms with van der Waals surface area (Å²) < 4.78 is 20.2. The van der Waals surface area contributed by atoms with E-state index in [1.165, 1.54) is 6.07 Å². The van der Waals surface area contributed by atoms with Gasteiger partial charge in [-0.3, -0.25) is 19.3 Å². The van der Waals surface area contributed by atoms with Gasteiger partial charge in [-0.15, -0.1) is 0 Å². The van der Waals surface area contributed by atoms with E-state index in [0.29, 0.717) is 70.0 Å². The minimum Gasteiger partial charge on any atom is -0.383 e. The number of rotatable bonds is 5. The third-order valence-electron chi connectivity index (χ3n) is 6.98. The summed E-state index contributed by atoms with van der Waals surface area (Å²) in [6, 6.07) is 4.50. The molecule has 5 rings (SSSR count). The van der Waals surface area contributed by atoms with Crippen LogP contribution in [0, 0.1) is 5.82 Å². The number of hydrogen-bond acceptors (Lipinski definition) is 7. The predicted molar refractivity (Wildman–Crippen MR) is 126 cm³/mol. The third-order valence-corrected chi connectivity index (χ3v) is 6.98. The second-order valence-corrected chi connectivity index (χ2v) is 9.10. The molecule has 1 unspecified atom stereocenters. The molecule has 2 saturated heterocycles. The van der Waals surface area contributed by atoms with E-state index in [9.17, 15) is 18.8 Å². The normalized spacial score (nSPS) is 20.8. The molecule has 2 fully saturated rings. The number of carbonyl (C=O) groups is 2. The lowest BCUT2D eigenvalue weighted by molar-refractivity contribution is -0.130. The number of nitrogens with zero attached hydrogens (tertiary/aromatic N) is 4. The topological polar surface area (TPSA) is 111 Å². The fourth-order valence-electron chi connectivity index (χ4n) is 5.08. The van der Waals surface area contributed by atoms with Crippen LogP contribution in [-0.4, -0.2) is 95.9 Å². The summed E-state index contributed by atoms with van der Waals surface area (Å²) in [4.78, 5) is 42.6. The van der Waals surface area contributed by atoms with Crippen molar-refractivity contribution in [3.05, 3.63) is 56.8 Å². The Hall–Kier alpha value is -3.31. The summed E-state index contributed by atoms with van der Waals surface area (Å²) in [7, 11) is 0. The zero-order valence-corrected chi connectivity index (χ0v) is 19.5. The van der Waals surface area contributed by atoms with Crippen LogP contribution in [0.5, 0.6) is 0 Å². The molecule has 10 nitrogen and oxygen atoms in total. The molecule has 0 bridgehead atoms. The molecule has 0 spiro atoms. The first kappa shape index (κ1) is 23.4. The fourth-order valence-corrected chi connectivity index (χ4v) is 5.08. The highest BCUT2D eigenvalue weighted by molar-refractivity contribution is 5.95. The van der Waals surface area contributed by atoms with Crippen LogP contribution in [0.1, 0.15) is 33.6 Å². The monoisotopic (exact) mass is 484 g/mol. The molecule has 1 aromatic carbocycles. The number of halogens is 1. The standard InChI is InChI=1S/C24H29FN6O4/c25-19-4-3-16(13-20-22-17(2-1-5-26-22)23(33)28-27-20)12-18(19)24(34)30-6-7-31(15-32)21(14-30)29-8-10-35-11-9-29/h3-4,12,15,21,26H,1-2,5-11,13-14H2,(H,28,33). The van der Waals surface area contributed by atoms with Gasteiger partial charge in [0.15, 0.2) is 0 Å². The summed E-state index contributed by atoms with van der Waals surface area (Å²) in [5.41, 5.74) is 2.60. The molecule has 0 aliphatic carbocycles. The van der Waals surface area contributed by atoms with Crippen LogP contribution in [0.4, 0.5) is 10.1 Å². The number of nitrogens with one attached hydrogen (secondary N) is 2. The van der Waals surface area contributed by atoms with Gasteiger partial charge in [0.05, 0.1) is 36.7 Å². The minimum atomic E-state index is -0.589. The highest BCUT2D eigenvalue weighted by Crippen LogP contribution is 2.25. The van der Waals surface area contributed by atoms with E-state index in [1.54, 1.807) is 21.9 Å². The number of aromatic amines is 1. The zero-order valence-electron chi connectivity index (χ0n) is 19.5. The SMILES string of the molecule is O=CN1CCN(C(=O)c2cc(Cc3n[nH]c(=O)c4c3NCCC4)ccc2F)CC1N1CCOCC1. The lowest BCUT2D eigenvalue weighted by Gasteiger charge is -2.45. The van der Waals surface area contributed by atoms with E-state index in [0.717, 1.165) is 30.6 Å². The number of aromatic nitrogens is 2. The number of H-pyrrole nitrogens is 1. The molecule has 3 aliphatic rings. The molecule has 1 aromatic heterocycles. The number of fused-ring (bicyclic) bond motifs is 1. The number of carbonyl (C=O) groups excluding carboxylic acids is 2. The van der Waals surface area contributed by atoms with Crippen LogP contribution in [-0.2, 0) is 22.4 Å². The van der Waals surface area contributed by atoms with Gasteiger partial charge in [-0.25, -0.2) is 9.49 Å². The molecular weight excluding hydrogens is 455 g/mol. The van der Waals surface area contributed by atoms with E-state index in [-0.39, 0.29) is 17.3 Å². The van der Waals surface area contributed by atoms with Crippen molar-refractivity contribution in [2.45, 2.75) is 25.4 Å². The number of ether oxygens (including phenoxy) is 1. The zero-order chi connectivity index (χ0) is 24.4. The van der Waals surface area contributed by atoms with E-state index in [1.807, 2.05) is 0 Å². The average Bonchev–Trinajstić information content (AvgIpc) is 2.91. The van der Waals surface area contributed by atoms with Crippen molar-refractivity contribution in [2.75, 3.05) is 57.8 Å². The molecule has 2 N–H and O–H groups in total. The van der Waals surface area contributed by atoms with Crippen LogP contribution >= 0.6 is 0 Å². The molecule has 2 amide bonds. The Morgan fingerprint density at radius 1 is 1.23 bits per heavy atom. The molecule has 35 heavy (non-hydrogen) atoms. The molecule has 0 radical (unpaired) electrons. The van der Waals surface area contributed by atoms with Crippen LogP contribution in [0.3, 0.4) is 0 Å². The third kappa shape index (κ3) is 4.78. The number of hydrogen-bond donors (Lipinski definition) is 2. The van der Waals surface area contributed by atoms with Crippen LogP contribution in [0.15, 0.2) is 23.0 Å². The van der Waals surface area contributed by atoms with Gasteiger partial charge in [0.1, 0.15) is 12.0 Å². The van der Waals surface area contributed by atoms with Crippen LogP contribution in [0.25, 0.3) is 0 Å². The van der Waals surface area contributed by atoms with Crippen molar-refractivity contribution >= 4 is 18.0 Å². The first-order valence-electron chi connectivity index (χ1n) is 12.0. The lowest BCUT2D eigenvalue weighted by atomic mass is 9.99. The summed E-state index contributed by atoms with van der Waals surface area (Å²) in [6.07, 6.45) is 2.45. The largest absolute Gasteiger partial charge is 0.383 e. The van der Waals surface area contributed by atoms with Crippen molar-refractivity contribution in [2.24, 2.45) is 0 Å². The second kappa shape index (κ2) is 10.1. The highest BCUT2D eigenvalue weighted by atomic mass is 19.1. The number of piperazine rings is 1. The van der Waals surface area contributed by atoms with Gasteiger partial charge in [-0.1, -0.05) is 6.07 Å². The quantitative estimate of drug-likeness (QED) is 0.592. The molecule has 3 aliphatic heterocycles. The summed E-state index contributed by atoms with van der Waals surface area (Å²) in [5, 5.41) is 10.0. The Bertz CT molecular complexity index is 1170. The number of morpholine rings is 1. The molecular formula is C24H29FN6O4. The molecule has 11 heteroatoms. The molecule has 0 saturated carbocycles. The Morgan fingerprint density at radius 2 is 2.06 bits per heavy atom. The van der Waals surface area contributed by atoms with E-state index in [4.69, 9.17) is 4.74 Å². The lowest BCUT2D eigenvalue weighted by Crippen LogP contribution is -2.62. The van der Waals surface area contributed by atoms with Crippen molar-refractivity contribution in [1.29, 1.82) is 0 Å². The van der Waals surface area contributed by atoms with Gasteiger partial charge in [-0.2, -0.15) is 5.10 Å². The van der Waals surface area contributed by atoms with E-state index in [2.05, 4.69) is 20.4 Å². The smallest absolute Gasteiger partial charge is 0.269 e. The van der Waals surface area contributed by atoms with Gasteiger partial charge >= 0.3 is 0 Å². The number of amides is 2. The van der Waals surface area contributed by atoms with Gasteiger partial charge in [0.25, 0.3) is 11.5 Å². The van der Waals surface area contributed by atoms with Gasteiger partial charge in [0, 0.05) is 44.7 Å². The summed E-state index contributed by atoms with van der Waals surface area (Å²) in [5.74, 6) is -0.989. The Morgan fingerprint density at radius 3 is 2.86 bits per heavy atom. The van der Waals surface area contributed by atoms with Gasteiger partial charge in [0.2, 0.25) is 6.41 Å². The number of anilines is 1. The van der Waals surface area contributed by atoms with Crippen molar-refractivity contribution in [3.63, 3.8) is 0 Å². The molecule has 4 heterocycles. The van der Waals surface area contributed by atoms with Crippen molar-refractivity contribution < 1.29 is 18.7 Å².